The Hall–Kier alpha value is -2.17. The fraction of sp³-hybridized carbons (Fsp3) is 0.474. The molecule has 0 spiro atoms. The van der Waals surface area contributed by atoms with Gasteiger partial charge in [-0.3, -0.25) is 9.59 Å². The third-order valence-electron chi connectivity index (χ3n) is 5.38. The van der Waals surface area contributed by atoms with E-state index < -0.39 is 10.0 Å². The molecular formula is C19H24N4O4S2. The van der Waals surface area contributed by atoms with Gasteiger partial charge in [0.05, 0.1) is 0 Å². The molecule has 29 heavy (non-hydrogen) atoms. The molecule has 1 fully saturated rings. The minimum absolute atomic E-state index is 0.00776. The summed E-state index contributed by atoms with van der Waals surface area (Å²) in [5, 5.41) is 2.03. The molecule has 0 atom stereocenters. The largest absolute Gasteiger partial charge is 0.356 e. The first-order valence-corrected chi connectivity index (χ1v) is 12.1. The Morgan fingerprint density at radius 1 is 1.17 bits per heavy atom. The molecule has 156 valence electrons. The minimum atomic E-state index is -3.78. The van der Waals surface area contributed by atoms with Crippen LogP contribution in [-0.2, 0) is 27.8 Å². The van der Waals surface area contributed by atoms with Crippen LogP contribution in [0, 0.1) is 0 Å². The normalized spacial score (nSPS) is 16.8. The van der Waals surface area contributed by atoms with Gasteiger partial charge in [0.15, 0.2) is 0 Å². The smallest absolute Gasteiger partial charge is 0.270 e. The molecule has 0 unspecified atom stereocenters. The van der Waals surface area contributed by atoms with Gasteiger partial charge in [-0.15, -0.1) is 11.3 Å². The van der Waals surface area contributed by atoms with E-state index in [-0.39, 0.29) is 35.4 Å². The second-order valence-corrected chi connectivity index (χ2v) is 10.1. The number of aromatic amines is 1. The predicted molar refractivity (Wildman–Crippen MR) is 109 cm³/mol. The van der Waals surface area contributed by atoms with E-state index in [1.807, 2.05) is 11.4 Å². The molecule has 2 amide bonds. The van der Waals surface area contributed by atoms with Gasteiger partial charge >= 0.3 is 0 Å². The lowest BCUT2D eigenvalue weighted by molar-refractivity contribution is -0.131. The third kappa shape index (κ3) is 4.39. The number of sulfonamides is 1. The molecule has 8 nitrogen and oxygen atoms in total. The lowest BCUT2D eigenvalue weighted by Gasteiger charge is -2.27. The number of nitrogens with zero attached hydrogens (tertiary/aromatic N) is 2. The second kappa shape index (κ2) is 8.29. The Labute approximate surface area is 173 Å². The lowest BCUT2D eigenvalue weighted by atomic mass is 10.1. The number of likely N-dealkylation sites (tertiary alicyclic amines) is 1. The average Bonchev–Trinajstić information content (AvgIpc) is 3.48. The van der Waals surface area contributed by atoms with E-state index in [0.29, 0.717) is 26.2 Å². The zero-order valence-corrected chi connectivity index (χ0v) is 17.7. The zero-order chi connectivity index (χ0) is 20.4. The number of nitrogens with one attached hydrogen (secondary N) is 2. The zero-order valence-electron chi connectivity index (χ0n) is 16.0. The summed E-state index contributed by atoms with van der Waals surface area (Å²) in [5.41, 5.74) is 1.45. The molecule has 10 heteroatoms. The van der Waals surface area contributed by atoms with Gasteiger partial charge in [0, 0.05) is 50.2 Å². The molecule has 0 bridgehead atoms. The number of hydrogen-bond donors (Lipinski definition) is 2. The van der Waals surface area contributed by atoms with Gasteiger partial charge in [-0.25, -0.2) is 13.1 Å². The highest BCUT2D eigenvalue weighted by Crippen LogP contribution is 2.24. The van der Waals surface area contributed by atoms with Crippen LogP contribution >= 0.6 is 11.3 Å². The van der Waals surface area contributed by atoms with Crippen molar-refractivity contribution in [3.8, 4) is 0 Å². The Bertz CT molecular complexity index is 1010. The maximum Gasteiger partial charge on any atom is 0.270 e. The van der Waals surface area contributed by atoms with Gasteiger partial charge in [-0.2, -0.15) is 0 Å². The van der Waals surface area contributed by atoms with Crippen molar-refractivity contribution in [3.63, 3.8) is 0 Å². The van der Waals surface area contributed by atoms with Crippen LogP contribution in [0.3, 0.4) is 0 Å². The summed E-state index contributed by atoms with van der Waals surface area (Å²) in [7, 11) is -3.78. The van der Waals surface area contributed by atoms with Crippen LogP contribution in [0.25, 0.3) is 0 Å². The van der Waals surface area contributed by atoms with Crippen LogP contribution in [0.2, 0.25) is 0 Å². The van der Waals surface area contributed by atoms with E-state index in [4.69, 9.17) is 0 Å². The number of carbonyl (C=O) groups excluding carboxylic acids is 2. The number of H-pyrrole nitrogens is 1. The van der Waals surface area contributed by atoms with E-state index in [9.17, 15) is 18.0 Å². The van der Waals surface area contributed by atoms with Gasteiger partial charge in [-0.05, 0) is 42.3 Å². The van der Waals surface area contributed by atoms with Crippen molar-refractivity contribution in [3.05, 3.63) is 39.8 Å². The fourth-order valence-corrected chi connectivity index (χ4v) is 5.65. The van der Waals surface area contributed by atoms with Crippen LogP contribution in [0.15, 0.2) is 28.6 Å². The first kappa shape index (κ1) is 20.1. The van der Waals surface area contributed by atoms with Crippen molar-refractivity contribution in [2.45, 2.75) is 37.1 Å². The molecule has 0 aliphatic carbocycles. The van der Waals surface area contributed by atoms with E-state index in [2.05, 4.69) is 9.71 Å². The van der Waals surface area contributed by atoms with Crippen LogP contribution in [0.4, 0.5) is 0 Å². The highest BCUT2D eigenvalue weighted by atomic mass is 32.2. The Balaban J connectivity index is 1.30. The van der Waals surface area contributed by atoms with Gasteiger partial charge in [-0.1, -0.05) is 0 Å². The molecule has 2 aliphatic rings. The molecule has 2 aromatic heterocycles. The van der Waals surface area contributed by atoms with E-state index in [1.54, 1.807) is 21.1 Å². The Kier molecular flexibility index (Phi) is 5.75. The summed E-state index contributed by atoms with van der Waals surface area (Å²) < 4.78 is 27.5. The van der Waals surface area contributed by atoms with Gasteiger partial charge in [0.2, 0.25) is 15.9 Å². The minimum Gasteiger partial charge on any atom is -0.356 e. The van der Waals surface area contributed by atoms with Crippen molar-refractivity contribution in [1.82, 2.24) is 19.5 Å². The van der Waals surface area contributed by atoms with Crippen LogP contribution < -0.4 is 4.72 Å². The van der Waals surface area contributed by atoms with Crippen molar-refractivity contribution >= 4 is 33.2 Å². The molecule has 2 N–H and O–H groups in total. The number of amides is 2. The average molecular weight is 437 g/mol. The third-order valence-corrected chi connectivity index (χ3v) is 7.85. The Morgan fingerprint density at radius 3 is 2.76 bits per heavy atom. The fourth-order valence-electron chi connectivity index (χ4n) is 3.74. The quantitative estimate of drug-likeness (QED) is 0.717. The topological polar surface area (TPSA) is 103 Å². The number of hydrogen-bond acceptors (Lipinski definition) is 5. The summed E-state index contributed by atoms with van der Waals surface area (Å²) in [6.45, 7) is 2.67. The molecule has 1 saturated heterocycles. The van der Waals surface area contributed by atoms with Crippen molar-refractivity contribution in [2.75, 3.05) is 26.2 Å². The predicted octanol–water partition coefficient (Wildman–Crippen LogP) is 1.57. The number of rotatable bonds is 6. The molecule has 4 heterocycles. The van der Waals surface area contributed by atoms with E-state index in [0.717, 1.165) is 19.3 Å². The van der Waals surface area contributed by atoms with Crippen LogP contribution in [0.5, 0.6) is 0 Å². The summed E-state index contributed by atoms with van der Waals surface area (Å²) in [6, 6.07) is 3.39. The second-order valence-electron chi connectivity index (χ2n) is 7.33. The summed E-state index contributed by atoms with van der Waals surface area (Å²) in [6.07, 6.45) is 4.20. The molecule has 2 aliphatic heterocycles. The summed E-state index contributed by atoms with van der Waals surface area (Å²) >= 11 is 1.71. The molecule has 0 saturated carbocycles. The molecule has 2 aromatic rings. The maximum atomic E-state index is 12.5. The lowest BCUT2D eigenvalue weighted by Crippen LogP contribution is -2.37. The standard InChI is InChI=1S/C19H24N4O4S2/c24-18(23-9-4-17-14(13-23)5-10-28-17)3-6-21-29(26,27)15-11-16(20-12-15)19(25)22-7-1-2-8-22/h5,10-12,20-21H,1-4,6-9,13H2. The van der Waals surface area contributed by atoms with E-state index in [1.165, 1.54) is 22.7 Å². The van der Waals surface area contributed by atoms with Crippen molar-refractivity contribution < 1.29 is 18.0 Å². The highest BCUT2D eigenvalue weighted by molar-refractivity contribution is 7.89. The number of carbonyl (C=O) groups is 2. The van der Waals surface area contributed by atoms with Crippen molar-refractivity contribution in [2.24, 2.45) is 0 Å². The van der Waals surface area contributed by atoms with Crippen LogP contribution in [-0.4, -0.2) is 61.2 Å². The Morgan fingerprint density at radius 2 is 1.97 bits per heavy atom. The summed E-state index contributed by atoms with van der Waals surface area (Å²) in [4.78, 5) is 32.4. The molecule has 0 radical (unpaired) electrons. The maximum absolute atomic E-state index is 12.5. The first-order valence-electron chi connectivity index (χ1n) is 9.74. The first-order chi connectivity index (χ1) is 13.9. The van der Waals surface area contributed by atoms with Gasteiger partial charge < -0.3 is 14.8 Å². The van der Waals surface area contributed by atoms with Crippen molar-refractivity contribution in [1.29, 1.82) is 0 Å². The number of aromatic nitrogens is 1. The number of fused-ring (bicyclic) bond motifs is 1. The van der Waals surface area contributed by atoms with E-state index >= 15 is 0 Å². The van der Waals surface area contributed by atoms with Crippen LogP contribution in [0.1, 0.15) is 40.2 Å². The molecule has 4 rings (SSSR count). The molecular weight excluding hydrogens is 412 g/mol. The highest BCUT2D eigenvalue weighted by Gasteiger charge is 2.25. The van der Waals surface area contributed by atoms with Gasteiger partial charge in [0.1, 0.15) is 10.6 Å². The SMILES string of the molecule is O=C(CCNS(=O)(=O)c1c[nH]c(C(=O)N2CCCC2)c1)N1CCc2sccc2C1. The molecule has 0 aromatic carbocycles. The number of thiophene rings is 1. The monoisotopic (exact) mass is 436 g/mol. The summed E-state index contributed by atoms with van der Waals surface area (Å²) in [5.74, 6) is -0.249. The van der Waals surface area contributed by atoms with Gasteiger partial charge in [0.25, 0.3) is 5.91 Å².